The number of amides is 1. The number of carbonyl (C=O) groups excluding carboxylic acids is 1. The standard InChI is InChI=1S/C18H20N2O3/c1-13-5-6-17(10-19-13)23-12-14-3-2-4-15(9-14)18(22)20-8-7-16(21)11-20/h2-6,9-10,16,21H,7-8,11-12H2,1H3/t16-/m1/s1. The molecule has 1 aromatic carbocycles. The number of β-amino-alcohol motifs (C(OH)–C–C–N with tert-alkyl or cyclic N) is 1. The molecule has 0 bridgehead atoms. The first-order valence-corrected chi connectivity index (χ1v) is 7.73. The van der Waals surface area contributed by atoms with E-state index in [0.29, 0.717) is 37.4 Å². The predicted molar refractivity (Wildman–Crippen MR) is 86.3 cm³/mol. The Morgan fingerprint density at radius 3 is 2.96 bits per heavy atom. The monoisotopic (exact) mass is 312 g/mol. The molecule has 0 saturated carbocycles. The van der Waals surface area contributed by atoms with Gasteiger partial charge in [0.2, 0.25) is 0 Å². The molecule has 2 aromatic rings. The average Bonchev–Trinajstić information content (AvgIpc) is 3.00. The van der Waals surface area contributed by atoms with E-state index in [1.165, 1.54) is 0 Å². The zero-order chi connectivity index (χ0) is 16.2. The molecular weight excluding hydrogens is 292 g/mol. The van der Waals surface area contributed by atoms with Crippen molar-refractivity contribution in [3.8, 4) is 5.75 Å². The van der Waals surface area contributed by atoms with Crippen molar-refractivity contribution < 1.29 is 14.6 Å². The van der Waals surface area contributed by atoms with Crippen LogP contribution in [0.4, 0.5) is 0 Å². The maximum atomic E-state index is 12.4. The van der Waals surface area contributed by atoms with Gasteiger partial charge < -0.3 is 14.7 Å². The molecule has 0 radical (unpaired) electrons. The zero-order valence-corrected chi connectivity index (χ0v) is 13.1. The number of aromatic nitrogens is 1. The normalized spacial score (nSPS) is 17.3. The van der Waals surface area contributed by atoms with Crippen LogP contribution in [0.2, 0.25) is 0 Å². The van der Waals surface area contributed by atoms with Crippen LogP contribution in [0, 0.1) is 6.92 Å². The highest BCUT2D eigenvalue weighted by molar-refractivity contribution is 5.94. The number of likely N-dealkylation sites (tertiary alicyclic amines) is 1. The summed E-state index contributed by atoms with van der Waals surface area (Å²) >= 11 is 0. The van der Waals surface area contributed by atoms with E-state index in [4.69, 9.17) is 4.74 Å². The average molecular weight is 312 g/mol. The largest absolute Gasteiger partial charge is 0.487 e. The molecule has 3 rings (SSSR count). The Balaban J connectivity index is 1.65. The van der Waals surface area contributed by atoms with Gasteiger partial charge in [0.05, 0.1) is 12.3 Å². The maximum absolute atomic E-state index is 12.4. The van der Waals surface area contributed by atoms with E-state index in [1.54, 1.807) is 17.2 Å². The number of aliphatic hydroxyl groups excluding tert-OH is 1. The first kappa shape index (κ1) is 15.5. The molecule has 1 aliphatic rings. The fraction of sp³-hybridized carbons (Fsp3) is 0.333. The lowest BCUT2D eigenvalue weighted by Gasteiger charge is -2.16. The molecule has 1 saturated heterocycles. The summed E-state index contributed by atoms with van der Waals surface area (Å²) in [5.41, 5.74) is 2.50. The molecule has 5 heteroatoms. The van der Waals surface area contributed by atoms with Gasteiger partial charge in [-0.25, -0.2) is 0 Å². The predicted octanol–water partition coefficient (Wildman–Crippen LogP) is 2.18. The van der Waals surface area contributed by atoms with E-state index >= 15 is 0 Å². The maximum Gasteiger partial charge on any atom is 0.253 e. The number of carbonyl (C=O) groups is 1. The molecule has 1 amide bonds. The molecule has 5 nitrogen and oxygen atoms in total. The summed E-state index contributed by atoms with van der Waals surface area (Å²) in [6.45, 7) is 3.33. The van der Waals surface area contributed by atoms with Gasteiger partial charge in [-0.15, -0.1) is 0 Å². The molecule has 23 heavy (non-hydrogen) atoms. The Morgan fingerprint density at radius 1 is 1.39 bits per heavy atom. The van der Waals surface area contributed by atoms with Gasteiger partial charge in [-0.3, -0.25) is 9.78 Å². The zero-order valence-electron chi connectivity index (χ0n) is 13.1. The minimum atomic E-state index is -0.403. The van der Waals surface area contributed by atoms with Gasteiger partial charge in [0.25, 0.3) is 5.91 Å². The van der Waals surface area contributed by atoms with Crippen LogP contribution in [-0.2, 0) is 6.61 Å². The molecule has 1 aromatic heterocycles. The van der Waals surface area contributed by atoms with E-state index in [2.05, 4.69) is 4.98 Å². The molecule has 1 aliphatic heterocycles. The van der Waals surface area contributed by atoms with Crippen molar-refractivity contribution in [2.24, 2.45) is 0 Å². The summed E-state index contributed by atoms with van der Waals surface area (Å²) in [6, 6.07) is 11.2. The summed E-state index contributed by atoms with van der Waals surface area (Å²) < 4.78 is 5.70. The summed E-state index contributed by atoms with van der Waals surface area (Å²) in [5, 5.41) is 9.56. The van der Waals surface area contributed by atoms with E-state index < -0.39 is 6.10 Å². The lowest BCUT2D eigenvalue weighted by Crippen LogP contribution is -2.29. The van der Waals surface area contributed by atoms with Crippen LogP contribution in [0.5, 0.6) is 5.75 Å². The van der Waals surface area contributed by atoms with Crippen LogP contribution < -0.4 is 4.74 Å². The fourth-order valence-corrected chi connectivity index (χ4v) is 2.61. The molecule has 1 fully saturated rings. The number of pyridine rings is 1. The second-order valence-corrected chi connectivity index (χ2v) is 5.82. The van der Waals surface area contributed by atoms with Crippen LogP contribution >= 0.6 is 0 Å². The van der Waals surface area contributed by atoms with Crippen molar-refractivity contribution >= 4 is 5.91 Å². The molecule has 0 unspecified atom stereocenters. The summed E-state index contributed by atoms with van der Waals surface area (Å²) in [4.78, 5) is 18.3. The number of hydrogen-bond acceptors (Lipinski definition) is 4. The minimum Gasteiger partial charge on any atom is -0.487 e. The molecule has 1 atom stereocenters. The van der Waals surface area contributed by atoms with E-state index in [1.807, 2.05) is 37.3 Å². The quantitative estimate of drug-likeness (QED) is 0.940. The van der Waals surface area contributed by atoms with Crippen molar-refractivity contribution in [1.82, 2.24) is 9.88 Å². The van der Waals surface area contributed by atoms with E-state index in [-0.39, 0.29) is 5.91 Å². The van der Waals surface area contributed by atoms with Crippen LogP contribution in [0.15, 0.2) is 42.6 Å². The summed E-state index contributed by atoms with van der Waals surface area (Å²) in [6.07, 6.45) is 1.93. The highest BCUT2D eigenvalue weighted by Gasteiger charge is 2.25. The Morgan fingerprint density at radius 2 is 2.26 bits per heavy atom. The third-order valence-electron chi connectivity index (χ3n) is 3.91. The number of hydrogen-bond donors (Lipinski definition) is 1. The first-order chi connectivity index (χ1) is 11.1. The van der Waals surface area contributed by atoms with Crippen LogP contribution in [0.1, 0.15) is 28.0 Å². The van der Waals surface area contributed by atoms with Gasteiger partial charge in [0.1, 0.15) is 12.4 Å². The topological polar surface area (TPSA) is 62.7 Å². The van der Waals surface area contributed by atoms with E-state index in [0.717, 1.165) is 11.3 Å². The van der Waals surface area contributed by atoms with Crippen LogP contribution in [-0.4, -0.2) is 40.1 Å². The van der Waals surface area contributed by atoms with Crippen LogP contribution in [0.25, 0.3) is 0 Å². The van der Waals surface area contributed by atoms with Crippen molar-refractivity contribution in [3.63, 3.8) is 0 Å². The third-order valence-corrected chi connectivity index (χ3v) is 3.91. The lowest BCUT2D eigenvalue weighted by molar-refractivity contribution is 0.0765. The molecular formula is C18H20N2O3. The van der Waals surface area contributed by atoms with E-state index in [9.17, 15) is 9.90 Å². The van der Waals surface area contributed by atoms with Crippen LogP contribution in [0.3, 0.4) is 0 Å². The number of aliphatic hydroxyl groups is 1. The molecule has 0 spiro atoms. The van der Waals surface area contributed by atoms with Gasteiger partial charge in [-0.1, -0.05) is 12.1 Å². The number of rotatable bonds is 4. The number of benzene rings is 1. The van der Waals surface area contributed by atoms with Crippen molar-refractivity contribution in [2.45, 2.75) is 26.1 Å². The smallest absolute Gasteiger partial charge is 0.253 e. The van der Waals surface area contributed by atoms with Gasteiger partial charge in [0.15, 0.2) is 0 Å². The third kappa shape index (κ3) is 3.87. The number of nitrogens with zero attached hydrogens (tertiary/aromatic N) is 2. The molecule has 1 N–H and O–H groups in total. The Kier molecular flexibility index (Phi) is 4.57. The Bertz CT molecular complexity index is 685. The van der Waals surface area contributed by atoms with Gasteiger partial charge in [-0.05, 0) is 43.2 Å². The SMILES string of the molecule is Cc1ccc(OCc2cccc(C(=O)N3CC[C@@H](O)C3)c2)cn1. The highest BCUT2D eigenvalue weighted by Crippen LogP contribution is 2.16. The van der Waals surface area contributed by atoms with Crippen molar-refractivity contribution in [1.29, 1.82) is 0 Å². The lowest BCUT2D eigenvalue weighted by atomic mass is 10.1. The second kappa shape index (κ2) is 6.79. The van der Waals surface area contributed by atoms with Gasteiger partial charge >= 0.3 is 0 Å². The fourth-order valence-electron chi connectivity index (χ4n) is 2.61. The summed E-state index contributed by atoms with van der Waals surface area (Å²) in [7, 11) is 0. The molecule has 120 valence electrons. The Labute approximate surface area is 135 Å². The molecule has 0 aliphatic carbocycles. The van der Waals surface area contributed by atoms with Crippen molar-refractivity contribution in [3.05, 3.63) is 59.4 Å². The summed E-state index contributed by atoms with van der Waals surface area (Å²) in [5.74, 6) is 0.662. The number of aryl methyl sites for hydroxylation is 1. The first-order valence-electron chi connectivity index (χ1n) is 7.73. The Hall–Kier alpha value is -2.40. The molecule has 2 heterocycles. The highest BCUT2D eigenvalue weighted by atomic mass is 16.5. The minimum absolute atomic E-state index is 0.0413. The van der Waals surface area contributed by atoms with Gasteiger partial charge in [-0.2, -0.15) is 0 Å². The second-order valence-electron chi connectivity index (χ2n) is 5.82. The van der Waals surface area contributed by atoms with Gasteiger partial charge in [0, 0.05) is 24.3 Å². The number of ether oxygens (including phenoxy) is 1. The van der Waals surface area contributed by atoms with Crippen molar-refractivity contribution in [2.75, 3.05) is 13.1 Å².